The van der Waals surface area contributed by atoms with Gasteiger partial charge in [-0.15, -0.1) is 0 Å². The number of furan rings is 1. The van der Waals surface area contributed by atoms with E-state index >= 15 is 0 Å². The molecule has 0 atom stereocenters. The Bertz CT molecular complexity index is 1120. The molecule has 0 unspecified atom stereocenters. The summed E-state index contributed by atoms with van der Waals surface area (Å²) < 4.78 is 22.5. The van der Waals surface area contributed by atoms with Crippen LogP contribution in [0.25, 0.3) is 33.6 Å². The maximum absolute atomic E-state index is 6.24. The Morgan fingerprint density at radius 2 is 1.68 bits per heavy atom. The summed E-state index contributed by atoms with van der Waals surface area (Å²) in [5.41, 5.74) is 6.15. The van der Waals surface area contributed by atoms with Gasteiger partial charge in [0.25, 0.3) is 0 Å². The Kier molecular flexibility index (Phi) is 4.43. The Morgan fingerprint density at radius 1 is 0.964 bits per heavy atom. The minimum absolute atomic E-state index is 0.535. The molecular weight excluding hydrogens is 358 g/mol. The maximum atomic E-state index is 6.24. The van der Waals surface area contributed by atoms with Gasteiger partial charge in [-0.1, -0.05) is 0 Å². The van der Waals surface area contributed by atoms with Crippen LogP contribution in [-0.2, 0) is 0 Å². The van der Waals surface area contributed by atoms with Gasteiger partial charge in [0.2, 0.25) is 5.75 Å². The van der Waals surface area contributed by atoms with Crippen LogP contribution in [0.3, 0.4) is 0 Å². The molecule has 0 fully saturated rings. The summed E-state index contributed by atoms with van der Waals surface area (Å²) >= 11 is 0. The van der Waals surface area contributed by atoms with E-state index in [1.807, 2.05) is 38.1 Å². The number of ether oxygens (including phenoxy) is 3. The standard InChI is InChI=1S/C21H21N3O4/c1-11-19(12(2)24-23-11)14-6-7-22-15-10-16(28-20(14)15)13-8-17(25-3)21(27-5)18(9-13)26-4/h6-10H,1-5H3,(H,23,24). The number of pyridine rings is 1. The Hall–Kier alpha value is -3.48. The second kappa shape index (κ2) is 6.92. The van der Waals surface area contributed by atoms with E-state index in [0.29, 0.717) is 28.6 Å². The molecule has 0 aliphatic rings. The third kappa shape index (κ3) is 2.76. The van der Waals surface area contributed by atoms with Crippen molar-refractivity contribution in [3.63, 3.8) is 0 Å². The monoisotopic (exact) mass is 379 g/mol. The van der Waals surface area contributed by atoms with Crippen molar-refractivity contribution in [3.05, 3.63) is 41.9 Å². The number of H-pyrrole nitrogens is 1. The van der Waals surface area contributed by atoms with Gasteiger partial charge in [-0.2, -0.15) is 5.10 Å². The largest absolute Gasteiger partial charge is 0.493 e. The lowest BCUT2D eigenvalue weighted by molar-refractivity contribution is 0.324. The molecule has 1 aromatic carbocycles. The summed E-state index contributed by atoms with van der Waals surface area (Å²) in [5, 5.41) is 7.32. The quantitative estimate of drug-likeness (QED) is 0.549. The van der Waals surface area contributed by atoms with Crippen LogP contribution in [0.5, 0.6) is 17.2 Å². The molecule has 0 saturated carbocycles. The average Bonchev–Trinajstić information content (AvgIpc) is 3.29. The molecule has 0 radical (unpaired) electrons. The first kappa shape index (κ1) is 17.9. The number of nitrogens with one attached hydrogen (secondary N) is 1. The molecule has 1 N–H and O–H groups in total. The minimum Gasteiger partial charge on any atom is -0.493 e. The van der Waals surface area contributed by atoms with Gasteiger partial charge >= 0.3 is 0 Å². The molecule has 3 aromatic heterocycles. The van der Waals surface area contributed by atoms with E-state index < -0.39 is 0 Å². The summed E-state index contributed by atoms with van der Waals surface area (Å²) in [4.78, 5) is 4.46. The third-order valence-corrected chi connectivity index (χ3v) is 4.76. The minimum atomic E-state index is 0.535. The Labute approximate surface area is 162 Å². The van der Waals surface area contributed by atoms with Crippen LogP contribution in [0.15, 0.2) is 34.9 Å². The van der Waals surface area contributed by atoms with E-state index in [9.17, 15) is 0 Å². The van der Waals surface area contributed by atoms with Gasteiger partial charge in [0.1, 0.15) is 11.3 Å². The zero-order chi connectivity index (χ0) is 19.8. The van der Waals surface area contributed by atoms with Gasteiger partial charge in [-0.25, -0.2) is 0 Å². The van der Waals surface area contributed by atoms with Crippen molar-refractivity contribution in [1.82, 2.24) is 15.2 Å². The predicted octanol–water partition coefficient (Wildman–Crippen LogP) is 4.53. The molecule has 3 heterocycles. The molecule has 7 nitrogen and oxygen atoms in total. The number of aromatic amines is 1. The van der Waals surface area contributed by atoms with Crippen LogP contribution in [0, 0.1) is 13.8 Å². The lowest BCUT2D eigenvalue weighted by atomic mass is 10.0. The highest BCUT2D eigenvalue weighted by Crippen LogP contribution is 2.43. The third-order valence-electron chi connectivity index (χ3n) is 4.76. The summed E-state index contributed by atoms with van der Waals surface area (Å²) in [6.07, 6.45) is 1.78. The van der Waals surface area contributed by atoms with Crippen molar-refractivity contribution in [2.45, 2.75) is 13.8 Å². The second-order valence-corrected chi connectivity index (χ2v) is 6.41. The van der Waals surface area contributed by atoms with Gasteiger partial charge in [0.15, 0.2) is 17.1 Å². The highest BCUT2D eigenvalue weighted by atomic mass is 16.5. The number of fused-ring (bicyclic) bond motifs is 1. The van der Waals surface area contributed by atoms with Gasteiger partial charge in [0.05, 0.1) is 27.0 Å². The lowest BCUT2D eigenvalue weighted by Crippen LogP contribution is -1.95. The highest BCUT2D eigenvalue weighted by molar-refractivity contribution is 5.93. The van der Waals surface area contributed by atoms with E-state index in [2.05, 4.69) is 15.2 Å². The number of nitrogens with zero attached hydrogens (tertiary/aromatic N) is 2. The number of aromatic nitrogens is 3. The average molecular weight is 379 g/mol. The fourth-order valence-electron chi connectivity index (χ4n) is 3.45. The fourth-order valence-corrected chi connectivity index (χ4v) is 3.45. The van der Waals surface area contributed by atoms with Crippen molar-refractivity contribution in [2.24, 2.45) is 0 Å². The Balaban J connectivity index is 1.91. The van der Waals surface area contributed by atoms with E-state index in [1.165, 1.54) is 0 Å². The van der Waals surface area contributed by atoms with Gasteiger partial charge in [0, 0.05) is 34.6 Å². The lowest BCUT2D eigenvalue weighted by Gasteiger charge is -2.13. The number of rotatable bonds is 5. The first-order valence-electron chi connectivity index (χ1n) is 8.78. The normalized spacial score (nSPS) is 11.0. The zero-order valence-corrected chi connectivity index (χ0v) is 16.4. The van der Waals surface area contributed by atoms with Crippen LogP contribution < -0.4 is 14.2 Å². The molecule has 7 heteroatoms. The van der Waals surface area contributed by atoms with Crippen LogP contribution in [0.2, 0.25) is 0 Å². The fraction of sp³-hybridized carbons (Fsp3) is 0.238. The zero-order valence-electron chi connectivity index (χ0n) is 16.4. The number of methoxy groups -OCH3 is 3. The Morgan fingerprint density at radius 3 is 2.25 bits per heavy atom. The predicted molar refractivity (Wildman–Crippen MR) is 106 cm³/mol. The molecule has 0 aliphatic carbocycles. The first-order chi connectivity index (χ1) is 13.6. The molecule has 0 amide bonds. The molecule has 4 rings (SSSR count). The highest BCUT2D eigenvalue weighted by Gasteiger charge is 2.19. The summed E-state index contributed by atoms with van der Waals surface area (Å²) in [6.45, 7) is 3.96. The van der Waals surface area contributed by atoms with Crippen LogP contribution >= 0.6 is 0 Å². The van der Waals surface area contributed by atoms with Crippen LogP contribution in [0.1, 0.15) is 11.4 Å². The SMILES string of the molecule is COc1cc(-c2cc3nccc(-c4c(C)n[nH]c4C)c3o2)cc(OC)c1OC. The van der Waals surface area contributed by atoms with E-state index in [-0.39, 0.29) is 0 Å². The molecule has 0 spiro atoms. The smallest absolute Gasteiger partial charge is 0.203 e. The van der Waals surface area contributed by atoms with Crippen molar-refractivity contribution in [1.29, 1.82) is 0 Å². The number of aryl methyl sites for hydroxylation is 2. The van der Waals surface area contributed by atoms with Gasteiger partial charge < -0.3 is 18.6 Å². The van der Waals surface area contributed by atoms with E-state index in [0.717, 1.165) is 33.6 Å². The second-order valence-electron chi connectivity index (χ2n) is 6.41. The van der Waals surface area contributed by atoms with Crippen molar-refractivity contribution >= 4 is 11.1 Å². The molecular formula is C21H21N3O4. The van der Waals surface area contributed by atoms with Gasteiger partial charge in [-0.3, -0.25) is 10.1 Å². The van der Waals surface area contributed by atoms with Crippen molar-refractivity contribution < 1.29 is 18.6 Å². The molecule has 0 saturated heterocycles. The summed E-state index contributed by atoms with van der Waals surface area (Å²) in [7, 11) is 4.75. The maximum Gasteiger partial charge on any atom is 0.203 e. The van der Waals surface area contributed by atoms with Gasteiger partial charge in [-0.05, 0) is 32.0 Å². The van der Waals surface area contributed by atoms with E-state index in [4.69, 9.17) is 18.6 Å². The van der Waals surface area contributed by atoms with Crippen molar-refractivity contribution in [3.8, 4) is 39.7 Å². The van der Waals surface area contributed by atoms with E-state index in [1.54, 1.807) is 27.5 Å². The summed E-state index contributed by atoms with van der Waals surface area (Å²) in [5.74, 6) is 2.32. The molecule has 144 valence electrons. The van der Waals surface area contributed by atoms with Crippen molar-refractivity contribution in [2.75, 3.05) is 21.3 Å². The molecule has 4 aromatic rings. The van der Waals surface area contributed by atoms with Crippen LogP contribution in [-0.4, -0.2) is 36.5 Å². The number of hydrogen-bond acceptors (Lipinski definition) is 6. The number of benzene rings is 1. The summed E-state index contributed by atoms with van der Waals surface area (Å²) in [6, 6.07) is 7.56. The number of hydrogen-bond donors (Lipinski definition) is 1. The molecule has 0 bridgehead atoms. The first-order valence-corrected chi connectivity index (χ1v) is 8.78. The molecule has 28 heavy (non-hydrogen) atoms. The van der Waals surface area contributed by atoms with Crippen LogP contribution in [0.4, 0.5) is 0 Å². The topological polar surface area (TPSA) is 82.4 Å². The molecule has 0 aliphatic heterocycles.